The summed E-state index contributed by atoms with van der Waals surface area (Å²) in [6, 6.07) is 2.88. The van der Waals surface area contributed by atoms with Gasteiger partial charge in [0, 0.05) is 30.1 Å². The van der Waals surface area contributed by atoms with Crippen molar-refractivity contribution in [3.8, 4) is 0 Å². The minimum absolute atomic E-state index is 0.0461. The van der Waals surface area contributed by atoms with Crippen LogP contribution in [-0.2, 0) is 10.2 Å². The van der Waals surface area contributed by atoms with E-state index in [-0.39, 0.29) is 41.1 Å². The summed E-state index contributed by atoms with van der Waals surface area (Å²) >= 11 is 3.09. The minimum atomic E-state index is -1.25. The zero-order chi connectivity index (χ0) is 19.3. The van der Waals surface area contributed by atoms with Crippen LogP contribution in [0, 0.1) is 12.7 Å². The molecule has 1 aliphatic heterocycles. The Balaban J connectivity index is 1.58. The number of amides is 2. The fourth-order valence-corrected chi connectivity index (χ4v) is 3.81. The van der Waals surface area contributed by atoms with Crippen LogP contribution in [0.1, 0.15) is 27.9 Å². The Labute approximate surface area is 162 Å². The van der Waals surface area contributed by atoms with Crippen molar-refractivity contribution in [1.82, 2.24) is 14.9 Å². The number of alkyl halides is 1. The Morgan fingerprint density at radius 3 is 2.70 bits per heavy atom. The van der Waals surface area contributed by atoms with Crippen molar-refractivity contribution in [2.75, 3.05) is 18.4 Å². The Morgan fingerprint density at radius 1 is 1.41 bits per heavy atom. The largest absolute Gasteiger partial charge is 0.328 e. The van der Waals surface area contributed by atoms with Crippen molar-refractivity contribution in [3.05, 3.63) is 51.5 Å². The third-order valence-corrected chi connectivity index (χ3v) is 5.55. The van der Waals surface area contributed by atoms with Gasteiger partial charge in [0.2, 0.25) is 11.9 Å². The van der Waals surface area contributed by atoms with Gasteiger partial charge in [0.1, 0.15) is 18.5 Å². The molecule has 9 heteroatoms. The van der Waals surface area contributed by atoms with Crippen LogP contribution in [0.15, 0.2) is 29.0 Å². The molecule has 1 fully saturated rings. The summed E-state index contributed by atoms with van der Waals surface area (Å²) in [5.41, 5.74) is -0.0411. The average molecular weight is 437 g/mol. The molecule has 1 aliphatic carbocycles. The van der Waals surface area contributed by atoms with Crippen molar-refractivity contribution in [2.24, 2.45) is 0 Å². The molecule has 2 amide bonds. The molecule has 0 radical (unpaired) electrons. The Kier molecular flexibility index (Phi) is 4.21. The SMILES string of the molecule is Cc1cnc(NC(=O)CN2C[C@@]3(C[C@H]3F)c3c(ccc(Br)c3F)C2=O)nc1. The number of fused-ring (bicyclic) bond motifs is 2. The first kappa shape index (κ1) is 18.0. The van der Waals surface area contributed by atoms with E-state index in [1.807, 2.05) is 6.92 Å². The maximum Gasteiger partial charge on any atom is 0.254 e. The summed E-state index contributed by atoms with van der Waals surface area (Å²) in [6.45, 7) is 1.48. The van der Waals surface area contributed by atoms with E-state index < -0.39 is 29.2 Å². The van der Waals surface area contributed by atoms with Crippen LogP contribution in [-0.4, -0.2) is 45.9 Å². The molecule has 2 heterocycles. The highest BCUT2D eigenvalue weighted by Gasteiger charge is 2.62. The van der Waals surface area contributed by atoms with Crippen LogP contribution in [0.4, 0.5) is 14.7 Å². The zero-order valence-corrected chi connectivity index (χ0v) is 15.9. The molecule has 1 spiro atoms. The minimum Gasteiger partial charge on any atom is -0.328 e. The lowest BCUT2D eigenvalue weighted by Crippen LogP contribution is -2.48. The number of anilines is 1. The molecule has 1 aromatic heterocycles. The summed E-state index contributed by atoms with van der Waals surface area (Å²) in [4.78, 5) is 34.2. The van der Waals surface area contributed by atoms with Gasteiger partial charge in [-0.1, -0.05) is 0 Å². The maximum absolute atomic E-state index is 14.6. The average Bonchev–Trinajstić information content (AvgIpc) is 3.26. The smallest absolute Gasteiger partial charge is 0.254 e. The van der Waals surface area contributed by atoms with Crippen molar-refractivity contribution >= 4 is 33.7 Å². The molecule has 6 nitrogen and oxygen atoms in total. The summed E-state index contributed by atoms with van der Waals surface area (Å²) < 4.78 is 29.0. The van der Waals surface area contributed by atoms with Gasteiger partial charge in [-0.05, 0) is 47.0 Å². The first-order valence-corrected chi connectivity index (χ1v) is 9.11. The molecule has 1 aromatic carbocycles. The first-order chi connectivity index (χ1) is 12.8. The van der Waals surface area contributed by atoms with Crippen LogP contribution >= 0.6 is 15.9 Å². The van der Waals surface area contributed by atoms with E-state index in [1.54, 1.807) is 12.4 Å². The van der Waals surface area contributed by atoms with Crippen molar-refractivity contribution in [1.29, 1.82) is 0 Å². The van der Waals surface area contributed by atoms with Crippen molar-refractivity contribution in [2.45, 2.75) is 24.9 Å². The van der Waals surface area contributed by atoms with E-state index in [9.17, 15) is 18.4 Å². The number of carbonyl (C=O) groups is 2. The number of aryl methyl sites for hydroxylation is 1. The molecule has 0 unspecified atom stereocenters. The summed E-state index contributed by atoms with van der Waals surface area (Å²) in [7, 11) is 0. The molecule has 2 aliphatic rings. The summed E-state index contributed by atoms with van der Waals surface area (Å²) in [6.07, 6.45) is 1.98. The number of carbonyl (C=O) groups excluding carboxylic acids is 2. The predicted octanol–water partition coefficient (Wildman–Crippen LogP) is 2.76. The molecular weight excluding hydrogens is 422 g/mol. The first-order valence-electron chi connectivity index (χ1n) is 8.32. The fourth-order valence-electron chi connectivity index (χ4n) is 3.48. The molecule has 0 saturated heterocycles. The molecule has 0 bridgehead atoms. The highest BCUT2D eigenvalue weighted by atomic mass is 79.9. The lowest BCUT2D eigenvalue weighted by molar-refractivity contribution is -0.117. The predicted molar refractivity (Wildman–Crippen MR) is 96.6 cm³/mol. The van der Waals surface area contributed by atoms with Crippen molar-refractivity contribution in [3.63, 3.8) is 0 Å². The summed E-state index contributed by atoms with van der Waals surface area (Å²) in [5, 5.41) is 2.51. The number of benzene rings is 1. The zero-order valence-electron chi connectivity index (χ0n) is 14.3. The van der Waals surface area contributed by atoms with Crippen LogP contribution in [0.2, 0.25) is 0 Å². The van der Waals surface area contributed by atoms with Gasteiger partial charge in [-0.2, -0.15) is 0 Å². The van der Waals surface area contributed by atoms with Gasteiger partial charge in [0.15, 0.2) is 0 Å². The van der Waals surface area contributed by atoms with Gasteiger partial charge >= 0.3 is 0 Å². The van der Waals surface area contributed by atoms with Gasteiger partial charge in [-0.25, -0.2) is 18.7 Å². The second kappa shape index (κ2) is 6.33. The standard InChI is InChI=1S/C18H15BrF2N4O2/c1-9-5-22-17(23-6-9)24-13(26)7-25-8-18(4-12(18)20)14-10(16(25)27)2-3-11(19)15(14)21/h2-3,5-6,12H,4,7-8H2,1H3,(H,22,23,24,26)/t12-,18-/m1/s1. The van der Waals surface area contributed by atoms with Crippen LogP contribution in [0.3, 0.4) is 0 Å². The molecule has 1 N–H and O–H groups in total. The molecule has 4 rings (SSSR count). The monoisotopic (exact) mass is 436 g/mol. The maximum atomic E-state index is 14.6. The normalized spacial score (nSPS) is 23.3. The molecule has 27 heavy (non-hydrogen) atoms. The number of nitrogens with one attached hydrogen (secondary N) is 1. The van der Waals surface area contributed by atoms with Crippen molar-refractivity contribution < 1.29 is 18.4 Å². The summed E-state index contributed by atoms with van der Waals surface area (Å²) in [5.74, 6) is -1.49. The van der Waals surface area contributed by atoms with Gasteiger partial charge < -0.3 is 4.90 Å². The van der Waals surface area contributed by atoms with Crippen LogP contribution in [0.5, 0.6) is 0 Å². The number of rotatable bonds is 3. The molecule has 1 saturated carbocycles. The number of hydrogen-bond acceptors (Lipinski definition) is 4. The van der Waals surface area contributed by atoms with E-state index >= 15 is 0 Å². The molecule has 2 atom stereocenters. The van der Waals surface area contributed by atoms with E-state index in [1.165, 1.54) is 17.0 Å². The van der Waals surface area contributed by atoms with E-state index in [2.05, 4.69) is 31.2 Å². The number of aromatic nitrogens is 2. The quantitative estimate of drug-likeness (QED) is 0.802. The second-order valence-corrected chi connectivity index (χ2v) is 7.76. The molecule has 2 aromatic rings. The van der Waals surface area contributed by atoms with Gasteiger partial charge in [0.05, 0.1) is 9.89 Å². The topological polar surface area (TPSA) is 75.2 Å². The van der Waals surface area contributed by atoms with Gasteiger partial charge in [-0.3, -0.25) is 14.9 Å². The molecule has 140 valence electrons. The Morgan fingerprint density at radius 2 is 2.07 bits per heavy atom. The van der Waals surface area contributed by atoms with E-state index in [0.717, 1.165) is 5.56 Å². The highest BCUT2D eigenvalue weighted by Crippen LogP contribution is 2.55. The fraction of sp³-hybridized carbons (Fsp3) is 0.333. The highest BCUT2D eigenvalue weighted by molar-refractivity contribution is 9.10. The number of halogens is 3. The molecular formula is C18H15BrF2N4O2. The lowest BCUT2D eigenvalue weighted by atomic mass is 9.85. The Bertz CT molecular complexity index is 953. The van der Waals surface area contributed by atoms with Crippen LogP contribution < -0.4 is 5.32 Å². The third-order valence-electron chi connectivity index (χ3n) is 4.93. The second-order valence-electron chi connectivity index (χ2n) is 6.91. The van der Waals surface area contributed by atoms with Gasteiger partial charge in [0.25, 0.3) is 5.91 Å². The van der Waals surface area contributed by atoms with Gasteiger partial charge in [-0.15, -0.1) is 0 Å². The number of hydrogen-bond donors (Lipinski definition) is 1. The van der Waals surface area contributed by atoms with E-state index in [0.29, 0.717) is 0 Å². The third kappa shape index (κ3) is 2.99. The van der Waals surface area contributed by atoms with Crippen LogP contribution in [0.25, 0.3) is 0 Å². The lowest BCUT2D eigenvalue weighted by Gasteiger charge is -2.34. The number of nitrogens with zero attached hydrogens (tertiary/aromatic N) is 3. The van der Waals surface area contributed by atoms with E-state index in [4.69, 9.17) is 0 Å². The Hall–Kier alpha value is -2.42.